The summed E-state index contributed by atoms with van der Waals surface area (Å²) in [5.74, 6) is -0.482. The maximum atomic E-state index is 13.0. The molecule has 2 saturated carbocycles. The topological polar surface area (TPSA) is 93.6 Å². The van der Waals surface area contributed by atoms with Gasteiger partial charge >= 0.3 is 5.97 Å². The fourth-order valence-corrected chi connectivity index (χ4v) is 7.48. The molecular formula is C21H26N2O5. The van der Waals surface area contributed by atoms with E-state index in [1.165, 1.54) is 0 Å². The number of nitrogens with zero attached hydrogens (tertiary/aromatic N) is 2. The average molecular weight is 386 g/mol. The molecule has 0 amide bonds. The van der Waals surface area contributed by atoms with E-state index in [1.807, 2.05) is 6.07 Å². The van der Waals surface area contributed by atoms with E-state index in [4.69, 9.17) is 13.9 Å². The maximum Gasteiger partial charge on any atom is 0.337 e. The SMILES string of the molecule is C[C@]12CC[C@@]34COC(=O)[C@@]35N=NC[C@H]5[C@H](O)C[C@@H]4[C@@]1(C)C[C@H](c1ccoc1)O2. The van der Waals surface area contributed by atoms with Gasteiger partial charge in [-0.3, -0.25) is 0 Å². The van der Waals surface area contributed by atoms with Gasteiger partial charge in [0, 0.05) is 22.3 Å². The molecule has 150 valence electrons. The van der Waals surface area contributed by atoms with Crippen molar-refractivity contribution >= 4 is 5.97 Å². The van der Waals surface area contributed by atoms with E-state index >= 15 is 0 Å². The molecule has 5 aliphatic rings. The van der Waals surface area contributed by atoms with Crippen molar-refractivity contribution in [3.05, 3.63) is 24.2 Å². The van der Waals surface area contributed by atoms with Gasteiger partial charge in [-0.15, -0.1) is 0 Å². The normalized spacial score (nSPS) is 54.0. The van der Waals surface area contributed by atoms with E-state index in [0.717, 1.165) is 24.8 Å². The molecule has 2 saturated heterocycles. The molecule has 2 spiro atoms. The first-order valence-electron chi connectivity index (χ1n) is 10.3. The molecule has 0 bridgehead atoms. The minimum Gasteiger partial charge on any atom is -0.472 e. The highest BCUT2D eigenvalue weighted by Gasteiger charge is 2.80. The summed E-state index contributed by atoms with van der Waals surface area (Å²) < 4.78 is 17.6. The van der Waals surface area contributed by atoms with E-state index in [0.29, 0.717) is 19.6 Å². The van der Waals surface area contributed by atoms with Gasteiger partial charge < -0.3 is 19.0 Å². The highest BCUT2D eigenvalue weighted by Crippen LogP contribution is 2.73. The quantitative estimate of drug-likeness (QED) is 0.749. The second kappa shape index (κ2) is 5.05. The summed E-state index contributed by atoms with van der Waals surface area (Å²) in [5.41, 5.74) is -0.920. The van der Waals surface area contributed by atoms with Crippen molar-refractivity contribution in [1.82, 2.24) is 0 Å². The molecule has 0 unspecified atom stereocenters. The number of fused-ring (bicyclic) bond motifs is 2. The van der Waals surface area contributed by atoms with Crippen LogP contribution in [0.4, 0.5) is 0 Å². The molecule has 7 nitrogen and oxygen atoms in total. The lowest BCUT2D eigenvalue weighted by molar-refractivity contribution is -0.201. The van der Waals surface area contributed by atoms with Crippen molar-refractivity contribution in [1.29, 1.82) is 0 Å². The highest BCUT2D eigenvalue weighted by molar-refractivity contribution is 5.86. The predicted octanol–water partition coefficient (Wildman–Crippen LogP) is 3.04. The number of aliphatic hydroxyl groups excluding tert-OH is 1. The minimum atomic E-state index is -1.02. The highest BCUT2D eigenvalue weighted by atomic mass is 16.5. The van der Waals surface area contributed by atoms with Crippen LogP contribution in [0, 0.1) is 22.7 Å². The number of carbonyl (C=O) groups is 1. The number of carbonyl (C=O) groups excluding carboxylic acids is 1. The number of ether oxygens (including phenoxy) is 2. The van der Waals surface area contributed by atoms with Crippen LogP contribution in [0.25, 0.3) is 0 Å². The van der Waals surface area contributed by atoms with Gasteiger partial charge in [-0.25, -0.2) is 4.79 Å². The van der Waals surface area contributed by atoms with Crippen LogP contribution in [-0.4, -0.2) is 41.5 Å². The molecule has 4 fully saturated rings. The third-order valence-electron chi connectivity index (χ3n) is 9.14. The Labute approximate surface area is 163 Å². The molecular weight excluding hydrogens is 360 g/mol. The van der Waals surface area contributed by atoms with E-state index in [2.05, 4.69) is 24.1 Å². The predicted molar refractivity (Wildman–Crippen MR) is 96.3 cm³/mol. The van der Waals surface area contributed by atoms with Gasteiger partial charge in [-0.05, 0) is 44.6 Å². The molecule has 0 radical (unpaired) electrons. The zero-order valence-electron chi connectivity index (χ0n) is 16.3. The zero-order valence-corrected chi connectivity index (χ0v) is 16.3. The van der Waals surface area contributed by atoms with Crippen LogP contribution in [0.15, 0.2) is 33.2 Å². The van der Waals surface area contributed by atoms with E-state index in [-0.39, 0.29) is 34.9 Å². The summed E-state index contributed by atoms with van der Waals surface area (Å²) >= 11 is 0. The van der Waals surface area contributed by atoms with Gasteiger partial charge in [-0.1, -0.05) is 6.92 Å². The van der Waals surface area contributed by atoms with Crippen LogP contribution < -0.4 is 0 Å². The summed E-state index contributed by atoms with van der Waals surface area (Å²) in [4.78, 5) is 13.0. The number of esters is 1. The molecule has 3 aliphatic heterocycles. The van der Waals surface area contributed by atoms with Crippen LogP contribution in [0.5, 0.6) is 0 Å². The lowest BCUT2D eigenvalue weighted by Gasteiger charge is -2.62. The molecule has 1 N–H and O–H groups in total. The van der Waals surface area contributed by atoms with Crippen molar-refractivity contribution in [2.45, 2.75) is 62.9 Å². The zero-order chi connectivity index (χ0) is 19.4. The first-order valence-corrected chi connectivity index (χ1v) is 10.3. The van der Waals surface area contributed by atoms with Crippen molar-refractivity contribution in [2.24, 2.45) is 32.9 Å². The molecule has 0 aromatic carbocycles. The van der Waals surface area contributed by atoms with Gasteiger partial charge in [0.2, 0.25) is 0 Å². The minimum absolute atomic E-state index is 0.0436. The molecule has 7 heteroatoms. The lowest BCUT2D eigenvalue weighted by Crippen LogP contribution is -2.70. The first kappa shape index (κ1) is 17.2. The summed E-state index contributed by atoms with van der Waals surface area (Å²) in [6.45, 7) is 5.25. The average Bonchev–Trinajstić information content (AvgIpc) is 3.42. The maximum absolute atomic E-state index is 13.0. The Bertz CT molecular complexity index is 870. The molecule has 1 aromatic heterocycles. The van der Waals surface area contributed by atoms with Crippen LogP contribution in [0.1, 0.15) is 51.2 Å². The van der Waals surface area contributed by atoms with Gasteiger partial charge in [-0.2, -0.15) is 10.2 Å². The summed E-state index contributed by atoms with van der Waals surface area (Å²) in [5, 5.41) is 19.8. The Morgan fingerprint density at radius 1 is 1.29 bits per heavy atom. The van der Waals surface area contributed by atoms with Crippen molar-refractivity contribution < 1.29 is 23.8 Å². The second-order valence-corrected chi connectivity index (χ2v) is 9.90. The van der Waals surface area contributed by atoms with Gasteiger partial charge in [0.1, 0.15) is 6.61 Å². The number of hydrogen-bond donors (Lipinski definition) is 1. The summed E-state index contributed by atoms with van der Waals surface area (Å²) in [7, 11) is 0. The largest absolute Gasteiger partial charge is 0.472 e. The van der Waals surface area contributed by atoms with Crippen LogP contribution in [0.2, 0.25) is 0 Å². The van der Waals surface area contributed by atoms with Crippen LogP contribution >= 0.6 is 0 Å². The molecule has 1 aromatic rings. The fraction of sp³-hybridized carbons (Fsp3) is 0.762. The number of hydrogen-bond acceptors (Lipinski definition) is 7. The smallest absolute Gasteiger partial charge is 0.337 e. The number of cyclic esters (lactones) is 1. The Kier molecular flexibility index (Phi) is 3.10. The number of rotatable bonds is 1. The molecule has 28 heavy (non-hydrogen) atoms. The van der Waals surface area contributed by atoms with E-state index < -0.39 is 17.1 Å². The monoisotopic (exact) mass is 386 g/mol. The number of furan rings is 1. The van der Waals surface area contributed by atoms with E-state index in [9.17, 15) is 9.90 Å². The molecule has 4 heterocycles. The third kappa shape index (κ3) is 1.65. The first-order chi connectivity index (χ1) is 13.4. The summed E-state index contributed by atoms with van der Waals surface area (Å²) in [6.07, 6.45) is 5.89. The Morgan fingerprint density at radius 3 is 2.93 bits per heavy atom. The molecule has 2 aliphatic carbocycles. The van der Waals surface area contributed by atoms with Crippen molar-refractivity contribution in [3.8, 4) is 0 Å². The molecule has 6 rings (SSSR count). The van der Waals surface area contributed by atoms with Crippen LogP contribution in [0.3, 0.4) is 0 Å². The van der Waals surface area contributed by atoms with Gasteiger partial charge in [0.15, 0.2) is 5.54 Å². The standard InChI is InChI=1S/C21H26N2O5/c1-18-8-15(12-3-6-26-10-12)28-19(18,2)4-5-20-11-27-17(25)21(20)13(9-22-23-21)14(24)7-16(18)20/h3,6,10,13-16,24H,4-5,7-9,11H2,1-2H3/t13-,14+,15+,16+,18+,19-,20-,21+/m0/s1. The van der Waals surface area contributed by atoms with Gasteiger partial charge in [0.25, 0.3) is 0 Å². The lowest BCUT2D eigenvalue weighted by atomic mass is 9.40. The summed E-state index contributed by atoms with van der Waals surface area (Å²) in [6, 6.07) is 1.96. The third-order valence-corrected chi connectivity index (χ3v) is 9.14. The van der Waals surface area contributed by atoms with Crippen LogP contribution in [-0.2, 0) is 14.3 Å². The fourth-order valence-electron chi connectivity index (χ4n) is 7.48. The van der Waals surface area contributed by atoms with Crippen molar-refractivity contribution in [3.63, 3.8) is 0 Å². The second-order valence-electron chi connectivity index (χ2n) is 9.90. The number of azo groups is 1. The Hall–Kier alpha value is -1.73. The van der Waals surface area contributed by atoms with Gasteiger partial charge in [0.05, 0.1) is 36.9 Å². The Balaban J connectivity index is 1.49. The van der Waals surface area contributed by atoms with E-state index in [1.54, 1.807) is 12.5 Å². The Morgan fingerprint density at radius 2 is 2.14 bits per heavy atom. The number of aliphatic hydroxyl groups is 1. The van der Waals surface area contributed by atoms with Crippen molar-refractivity contribution in [2.75, 3.05) is 13.2 Å². The molecule has 8 atom stereocenters.